The molecule has 0 amide bonds. The molecule has 4 heteroatoms. The summed E-state index contributed by atoms with van der Waals surface area (Å²) in [6.45, 7) is 2.55. The molecular formula is C15H21NO3. The van der Waals surface area contributed by atoms with Crippen molar-refractivity contribution in [2.24, 2.45) is 5.92 Å². The normalized spacial score (nSPS) is 31.3. The van der Waals surface area contributed by atoms with Crippen LogP contribution in [-0.4, -0.2) is 28.1 Å². The number of carboxylic acids is 1. The first kappa shape index (κ1) is 12.7. The molecule has 3 unspecified atom stereocenters. The second-order valence-electron chi connectivity index (χ2n) is 5.89. The van der Waals surface area contributed by atoms with Crippen LogP contribution in [0.3, 0.4) is 0 Å². The van der Waals surface area contributed by atoms with Gasteiger partial charge in [0.05, 0.1) is 6.54 Å². The minimum absolute atomic E-state index is 0.335. The molecule has 1 aromatic heterocycles. The SMILES string of the molecule is Cc1ccc(CN2C(C(=O)O)CC3CCCCC32)o1. The van der Waals surface area contributed by atoms with E-state index in [1.165, 1.54) is 19.3 Å². The molecule has 0 bridgehead atoms. The summed E-state index contributed by atoms with van der Waals surface area (Å²) in [6.07, 6.45) is 5.60. The number of furan rings is 1. The van der Waals surface area contributed by atoms with Crippen LogP contribution in [0.2, 0.25) is 0 Å². The van der Waals surface area contributed by atoms with E-state index >= 15 is 0 Å². The molecule has 19 heavy (non-hydrogen) atoms. The fourth-order valence-corrected chi connectivity index (χ4v) is 3.77. The van der Waals surface area contributed by atoms with Crippen LogP contribution in [0, 0.1) is 12.8 Å². The van der Waals surface area contributed by atoms with Crippen LogP contribution in [-0.2, 0) is 11.3 Å². The van der Waals surface area contributed by atoms with Gasteiger partial charge in [-0.15, -0.1) is 0 Å². The van der Waals surface area contributed by atoms with Gasteiger partial charge in [-0.1, -0.05) is 12.8 Å². The molecule has 2 fully saturated rings. The first-order valence-electron chi connectivity index (χ1n) is 7.19. The van der Waals surface area contributed by atoms with Gasteiger partial charge in [-0.25, -0.2) is 0 Å². The summed E-state index contributed by atoms with van der Waals surface area (Å²) in [4.78, 5) is 13.6. The fourth-order valence-electron chi connectivity index (χ4n) is 3.77. The Kier molecular flexibility index (Phi) is 3.35. The minimum Gasteiger partial charge on any atom is -0.480 e. The third-order valence-corrected chi connectivity index (χ3v) is 4.64. The lowest BCUT2D eigenvalue weighted by molar-refractivity contribution is -0.143. The Morgan fingerprint density at radius 2 is 2.21 bits per heavy atom. The maximum atomic E-state index is 11.5. The Morgan fingerprint density at radius 3 is 2.89 bits per heavy atom. The molecule has 1 saturated heterocycles. The van der Waals surface area contributed by atoms with Crippen LogP contribution < -0.4 is 0 Å². The van der Waals surface area contributed by atoms with Crippen molar-refractivity contribution in [2.45, 2.75) is 57.7 Å². The molecule has 1 saturated carbocycles. The molecule has 1 N–H and O–H groups in total. The number of nitrogens with zero attached hydrogens (tertiary/aromatic N) is 1. The third kappa shape index (κ3) is 2.41. The average molecular weight is 263 g/mol. The van der Waals surface area contributed by atoms with Crippen molar-refractivity contribution in [3.05, 3.63) is 23.7 Å². The van der Waals surface area contributed by atoms with E-state index in [2.05, 4.69) is 4.90 Å². The van der Waals surface area contributed by atoms with Crippen LogP contribution >= 0.6 is 0 Å². The van der Waals surface area contributed by atoms with E-state index in [1.54, 1.807) is 0 Å². The fraction of sp³-hybridized carbons (Fsp3) is 0.667. The lowest BCUT2D eigenvalue weighted by Crippen LogP contribution is -2.41. The second kappa shape index (κ2) is 5.00. The first-order valence-corrected chi connectivity index (χ1v) is 7.19. The van der Waals surface area contributed by atoms with Gasteiger partial charge in [0.15, 0.2) is 0 Å². The van der Waals surface area contributed by atoms with Gasteiger partial charge in [-0.05, 0) is 44.2 Å². The van der Waals surface area contributed by atoms with Gasteiger partial charge in [0.25, 0.3) is 0 Å². The molecule has 2 heterocycles. The highest BCUT2D eigenvalue weighted by Crippen LogP contribution is 2.40. The van der Waals surface area contributed by atoms with Gasteiger partial charge in [0.2, 0.25) is 0 Å². The summed E-state index contributed by atoms with van der Waals surface area (Å²) in [6, 6.07) is 4.00. The molecule has 1 aliphatic heterocycles. The lowest BCUT2D eigenvalue weighted by atomic mass is 9.85. The quantitative estimate of drug-likeness (QED) is 0.911. The van der Waals surface area contributed by atoms with Crippen LogP contribution in [0.4, 0.5) is 0 Å². The predicted octanol–water partition coefficient (Wildman–Crippen LogP) is 2.81. The zero-order valence-corrected chi connectivity index (χ0v) is 11.3. The lowest BCUT2D eigenvalue weighted by Gasteiger charge is -2.32. The zero-order chi connectivity index (χ0) is 13.4. The topological polar surface area (TPSA) is 53.7 Å². The van der Waals surface area contributed by atoms with E-state index < -0.39 is 5.97 Å². The number of carboxylic acid groups (broad SMARTS) is 1. The Bertz CT molecular complexity index is 468. The van der Waals surface area contributed by atoms with Crippen LogP contribution in [0.5, 0.6) is 0 Å². The molecule has 0 radical (unpaired) electrons. The Balaban J connectivity index is 1.80. The largest absolute Gasteiger partial charge is 0.480 e. The molecule has 3 atom stereocenters. The number of likely N-dealkylation sites (tertiary alicyclic amines) is 1. The number of rotatable bonds is 3. The van der Waals surface area contributed by atoms with Crippen LogP contribution in [0.25, 0.3) is 0 Å². The van der Waals surface area contributed by atoms with Crippen molar-refractivity contribution >= 4 is 5.97 Å². The van der Waals surface area contributed by atoms with Crippen LogP contribution in [0.1, 0.15) is 43.6 Å². The van der Waals surface area contributed by atoms with E-state index in [-0.39, 0.29) is 6.04 Å². The first-order chi connectivity index (χ1) is 9.15. The zero-order valence-electron chi connectivity index (χ0n) is 11.3. The van der Waals surface area contributed by atoms with Gasteiger partial charge >= 0.3 is 5.97 Å². The molecule has 0 spiro atoms. The molecule has 1 aliphatic carbocycles. The minimum atomic E-state index is -0.683. The molecule has 104 valence electrons. The Morgan fingerprint density at radius 1 is 1.42 bits per heavy atom. The van der Waals surface area contributed by atoms with Crippen molar-refractivity contribution < 1.29 is 14.3 Å². The van der Waals surface area contributed by atoms with Crippen molar-refractivity contribution in [1.29, 1.82) is 0 Å². The van der Waals surface area contributed by atoms with E-state index in [4.69, 9.17) is 4.42 Å². The number of carbonyl (C=O) groups is 1. The maximum Gasteiger partial charge on any atom is 0.320 e. The number of aryl methyl sites for hydroxylation is 1. The molecule has 2 aliphatic rings. The monoisotopic (exact) mass is 263 g/mol. The maximum absolute atomic E-state index is 11.5. The van der Waals surface area contributed by atoms with Gasteiger partial charge in [-0.2, -0.15) is 0 Å². The van der Waals surface area contributed by atoms with E-state index in [9.17, 15) is 9.90 Å². The predicted molar refractivity (Wildman–Crippen MR) is 70.8 cm³/mol. The van der Waals surface area contributed by atoms with E-state index in [0.29, 0.717) is 18.5 Å². The van der Waals surface area contributed by atoms with Gasteiger partial charge in [0.1, 0.15) is 17.6 Å². The number of fused-ring (bicyclic) bond motifs is 1. The van der Waals surface area contributed by atoms with Crippen molar-refractivity contribution in [2.75, 3.05) is 0 Å². The number of hydrogen-bond acceptors (Lipinski definition) is 3. The van der Waals surface area contributed by atoms with E-state index in [0.717, 1.165) is 24.4 Å². The highest BCUT2D eigenvalue weighted by molar-refractivity contribution is 5.74. The molecule has 0 aromatic carbocycles. The summed E-state index contributed by atoms with van der Waals surface area (Å²) >= 11 is 0. The summed E-state index contributed by atoms with van der Waals surface area (Å²) in [7, 11) is 0. The van der Waals surface area contributed by atoms with E-state index in [1.807, 2.05) is 19.1 Å². The van der Waals surface area contributed by atoms with Crippen LogP contribution in [0.15, 0.2) is 16.5 Å². The highest BCUT2D eigenvalue weighted by atomic mass is 16.4. The molecular weight excluding hydrogens is 242 g/mol. The smallest absolute Gasteiger partial charge is 0.320 e. The summed E-state index contributed by atoms with van der Waals surface area (Å²) in [5, 5.41) is 9.44. The molecule has 4 nitrogen and oxygen atoms in total. The van der Waals surface area contributed by atoms with Gasteiger partial charge < -0.3 is 9.52 Å². The molecule has 1 aromatic rings. The van der Waals surface area contributed by atoms with Crippen molar-refractivity contribution in [1.82, 2.24) is 4.90 Å². The molecule has 3 rings (SSSR count). The summed E-state index contributed by atoms with van der Waals surface area (Å²) < 4.78 is 5.62. The third-order valence-electron chi connectivity index (χ3n) is 4.64. The highest BCUT2D eigenvalue weighted by Gasteiger charge is 2.45. The summed E-state index contributed by atoms with van der Waals surface area (Å²) in [5.74, 6) is 1.65. The van der Waals surface area contributed by atoms with Gasteiger partial charge in [0, 0.05) is 6.04 Å². The number of hydrogen-bond donors (Lipinski definition) is 1. The average Bonchev–Trinajstić information content (AvgIpc) is 2.95. The number of aliphatic carboxylic acids is 1. The Labute approximate surface area is 113 Å². The van der Waals surface area contributed by atoms with Gasteiger partial charge in [-0.3, -0.25) is 9.69 Å². The standard InChI is InChI=1S/C15H21NO3/c1-10-6-7-12(19-10)9-16-13-5-3-2-4-11(13)8-14(16)15(17)18/h6-7,11,13-14H,2-5,8-9H2,1H3,(H,17,18). The van der Waals surface area contributed by atoms with Crippen molar-refractivity contribution in [3.8, 4) is 0 Å². The van der Waals surface area contributed by atoms with Crippen molar-refractivity contribution in [3.63, 3.8) is 0 Å². The summed E-state index contributed by atoms with van der Waals surface area (Å²) in [5.41, 5.74) is 0. The second-order valence-corrected chi connectivity index (χ2v) is 5.89. The Hall–Kier alpha value is -1.29.